The molecule has 2 unspecified atom stereocenters. The zero-order valence-electron chi connectivity index (χ0n) is 12.3. The largest absolute Gasteiger partial charge is 0.468 e. The van der Waals surface area contributed by atoms with Gasteiger partial charge in [0, 0.05) is 18.3 Å². The lowest BCUT2D eigenvalue weighted by molar-refractivity contribution is -0.148. The highest BCUT2D eigenvalue weighted by Gasteiger charge is 2.40. The number of methoxy groups -OCH3 is 1. The van der Waals surface area contributed by atoms with Crippen LogP contribution in [0.15, 0.2) is 5.16 Å². The summed E-state index contributed by atoms with van der Waals surface area (Å²) in [4.78, 5) is 12.1. The molecular formula is C12H21N5O2S. The fraction of sp³-hybridized carbons (Fsp3) is 0.833. The van der Waals surface area contributed by atoms with Gasteiger partial charge in [0.2, 0.25) is 5.16 Å². The van der Waals surface area contributed by atoms with Crippen LogP contribution in [0.5, 0.6) is 0 Å². The number of thioether (sulfide) groups is 1. The van der Waals surface area contributed by atoms with Crippen molar-refractivity contribution in [2.24, 2.45) is 7.05 Å². The summed E-state index contributed by atoms with van der Waals surface area (Å²) in [6.07, 6.45) is 2.91. The zero-order chi connectivity index (χ0) is 14.8. The first-order valence-corrected chi connectivity index (χ1v) is 7.57. The van der Waals surface area contributed by atoms with Crippen LogP contribution in [0.3, 0.4) is 0 Å². The van der Waals surface area contributed by atoms with Crippen molar-refractivity contribution in [2.75, 3.05) is 7.11 Å². The molecule has 8 heteroatoms. The second kappa shape index (κ2) is 6.09. The Hall–Kier alpha value is -1.15. The summed E-state index contributed by atoms with van der Waals surface area (Å²) in [5.41, 5.74) is -0.658. The smallest absolute Gasteiger partial charge is 0.325 e. The van der Waals surface area contributed by atoms with Crippen molar-refractivity contribution in [2.45, 2.75) is 55.1 Å². The number of aromatic nitrogens is 4. The molecular weight excluding hydrogens is 278 g/mol. The molecule has 1 aliphatic carbocycles. The second-order valence-electron chi connectivity index (χ2n) is 5.46. The van der Waals surface area contributed by atoms with Crippen LogP contribution in [0.1, 0.15) is 33.1 Å². The van der Waals surface area contributed by atoms with Crippen LogP contribution in [-0.4, -0.2) is 50.1 Å². The molecule has 1 aromatic rings. The van der Waals surface area contributed by atoms with Crippen LogP contribution >= 0.6 is 11.8 Å². The summed E-state index contributed by atoms with van der Waals surface area (Å²) in [5, 5.41) is 15.7. The fourth-order valence-electron chi connectivity index (χ4n) is 2.22. The molecule has 0 spiro atoms. The summed E-state index contributed by atoms with van der Waals surface area (Å²) >= 11 is 1.56. The lowest BCUT2D eigenvalue weighted by Gasteiger charge is -2.30. The summed E-state index contributed by atoms with van der Waals surface area (Å²) in [6.45, 7) is 3.97. The lowest BCUT2D eigenvalue weighted by atomic mass is 9.96. The van der Waals surface area contributed by atoms with Gasteiger partial charge in [-0.25, -0.2) is 4.68 Å². The number of hydrogen-bond acceptors (Lipinski definition) is 7. The molecule has 0 amide bonds. The van der Waals surface area contributed by atoms with Crippen LogP contribution in [0.4, 0.5) is 0 Å². The molecule has 1 fully saturated rings. The Morgan fingerprint density at radius 3 is 2.85 bits per heavy atom. The molecule has 2 rings (SSSR count). The van der Waals surface area contributed by atoms with Gasteiger partial charge in [-0.05, 0) is 36.6 Å². The molecule has 0 saturated heterocycles. The number of rotatable bonds is 7. The van der Waals surface area contributed by atoms with E-state index in [0.29, 0.717) is 12.5 Å². The van der Waals surface area contributed by atoms with E-state index >= 15 is 0 Å². The maximum Gasteiger partial charge on any atom is 0.325 e. The number of hydrogen-bond donors (Lipinski definition) is 1. The number of ether oxygens (including phenoxy) is 1. The molecule has 20 heavy (non-hydrogen) atoms. The quantitative estimate of drug-likeness (QED) is 0.588. The fourth-order valence-corrected chi connectivity index (χ4v) is 3.27. The van der Waals surface area contributed by atoms with Crippen LogP contribution < -0.4 is 5.32 Å². The van der Waals surface area contributed by atoms with Crippen molar-refractivity contribution in [3.05, 3.63) is 0 Å². The van der Waals surface area contributed by atoms with Gasteiger partial charge in [0.25, 0.3) is 0 Å². The molecule has 112 valence electrons. The molecule has 0 bridgehead atoms. The van der Waals surface area contributed by atoms with E-state index < -0.39 is 5.54 Å². The zero-order valence-corrected chi connectivity index (χ0v) is 13.1. The molecule has 1 saturated carbocycles. The SMILES string of the molecule is COC(=O)C(C)(CC(C)Sc1nnnn1C)NC1CC1. The van der Waals surface area contributed by atoms with Crippen molar-refractivity contribution in [1.82, 2.24) is 25.5 Å². The standard InChI is InChI=1S/C12H21N5O2S/c1-8(20-11-14-15-16-17(11)3)7-12(2,10(18)19-4)13-9-5-6-9/h8-9,13H,5-7H2,1-4H3. The molecule has 7 nitrogen and oxygen atoms in total. The molecule has 0 aliphatic heterocycles. The van der Waals surface area contributed by atoms with Gasteiger partial charge in [0.1, 0.15) is 5.54 Å². The van der Waals surface area contributed by atoms with E-state index in [9.17, 15) is 4.79 Å². The Kier molecular flexibility index (Phi) is 4.64. The van der Waals surface area contributed by atoms with Crippen molar-refractivity contribution in [3.8, 4) is 0 Å². The molecule has 1 aliphatic rings. The average molecular weight is 299 g/mol. The van der Waals surface area contributed by atoms with Crippen molar-refractivity contribution >= 4 is 17.7 Å². The Bertz CT molecular complexity index is 476. The monoisotopic (exact) mass is 299 g/mol. The molecule has 1 heterocycles. The minimum absolute atomic E-state index is 0.190. The Labute approximate surface area is 122 Å². The molecule has 0 radical (unpaired) electrons. The predicted octanol–water partition coefficient (Wildman–Crippen LogP) is 0.764. The highest BCUT2D eigenvalue weighted by atomic mass is 32.2. The first-order valence-electron chi connectivity index (χ1n) is 6.70. The molecule has 2 atom stereocenters. The second-order valence-corrected chi connectivity index (χ2v) is 6.87. The van der Waals surface area contributed by atoms with E-state index in [1.165, 1.54) is 7.11 Å². The first kappa shape index (κ1) is 15.2. The van der Waals surface area contributed by atoms with Gasteiger partial charge < -0.3 is 4.74 Å². The Morgan fingerprint density at radius 2 is 2.35 bits per heavy atom. The van der Waals surface area contributed by atoms with Gasteiger partial charge in [0.15, 0.2) is 0 Å². The highest BCUT2D eigenvalue weighted by Crippen LogP contribution is 2.30. The van der Waals surface area contributed by atoms with Crippen LogP contribution in [0, 0.1) is 0 Å². The van der Waals surface area contributed by atoms with E-state index in [2.05, 4.69) is 27.8 Å². The van der Waals surface area contributed by atoms with Crippen molar-refractivity contribution in [3.63, 3.8) is 0 Å². The summed E-state index contributed by atoms with van der Waals surface area (Å²) in [5.74, 6) is -0.215. The van der Waals surface area contributed by atoms with E-state index in [0.717, 1.165) is 18.0 Å². The van der Waals surface area contributed by atoms with Crippen LogP contribution in [-0.2, 0) is 16.6 Å². The average Bonchev–Trinajstić information content (AvgIpc) is 3.11. The van der Waals surface area contributed by atoms with Crippen molar-refractivity contribution < 1.29 is 9.53 Å². The maximum absolute atomic E-state index is 12.1. The Balaban J connectivity index is 1.99. The Morgan fingerprint density at radius 1 is 1.65 bits per heavy atom. The molecule has 1 N–H and O–H groups in total. The predicted molar refractivity (Wildman–Crippen MR) is 75.3 cm³/mol. The third-order valence-corrected chi connectivity index (χ3v) is 4.45. The summed E-state index contributed by atoms with van der Waals surface area (Å²) < 4.78 is 6.58. The van der Waals surface area contributed by atoms with E-state index in [4.69, 9.17) is 4.74 Å². The van der Waals surface area contributed by atoms with E-state index in [1.54, 1.807) is 23.5 Å². The third-order valence-electron chi connectivity index (χ3n) is 3.32. The number of aryl methyl sites for hydroxylation is 1. The number of carbonyl (C=O) groups is 1. The van der Waals surface area contributed by atoms with E-state index in [1.807, 2.05) is 6.92 Å². The normalized spacial score (nSPS) is 19.4. The lowest BCUT2D eigenvalue weighted by Crippen LogP contribution is -2.52. The minimum atomic E-state index is -0.658. The summed E-state index contributed by atoms with van der Waals surface area (Å²) in [7, 11) is 3.23. The number of tetrazole rings is 1. The van der Waals surface area contributed by atoms with Gasteiger partial charge in [-0.2, -0.15) is 0 Å². The first-order chi connectivity index (χ1) is 9.44. The van der Waals surface area contributed by atoms with Crippen LogP contribution in [0.25, 0.3) is 0 Å². The number of esters is 1. The van der Waals surface area contributed by atoms with E-state index in [-0.39, 0.29) is 11.2 Å². The van der Waals surface area contributed by atoms with Gasteiger partial charge in [0.05, 0.1) is 7.11 Å². The number of carbonyl (C=O) groups excluding carboxylic acids is 1. The highest BCUT2D eigenvalue weighted by molar-refractivity contribution is 7.99. The topological polar surface area (TPSA) is 81.9 Å². The van der Waals surface area contributed by atoms with Gasteiger partial charge in [-0.15, -0.1) is 5.10 Å². The van der Waals surface area contributed by atoms with Gasteiger partial charge >= 0.3 is 5.97 Å². The third kappa shape index (κ3) is 3.69. The van der Waals surface area contributed by atoms with Crippen LogP contribution in [0.2, 0.25) is 0 Å². The minimum Gasteiger partial charge on any atom is -0.468 e. The van der Waals surface area contributed by atoms with Gasteiger partial charge in [-0.3, -0.25) is 10.1 Å². The number of nitrogens with zero attached hydrogens (tertiary/aromatic N) is 4. The molecule has 0 aromatic carbocycles. The molecule has 1 aromatic heterocycles. The number of nitrogens with one attached hydrogen (secondary N) is 1. The maximum atomic E-state index is 12.1. The van der Waals surface area contributed by atoms with Gasteiger partial charge in [-0.1, -0.05) is 18.7 Å². The van der Waals surface area contributed by atoms with Crippen molar-refractivity contribution in [1.29, 1.82) is 0 Å². The summed E-state index contributed by atoms with van der Waals surface area (Å²) in [6, 6.07) is 0.438.